The maximum absolute atomic E-state index is 5.48. The minimum absolute atomic E-state index is 0.177. The highest BCUT2D eigenvalue weighted by molar-refractivity contribution is 5.29. The molecule has 0 amide bonds. The number of unbranched alkanes of at least 4 members (excludes halogenated alkanes) is 1. The first kappa shape index (κ1) is 19.1. The number of rotatable bonds is 10. The van der Waals surface area contributed by atoms with Gasteiger partial charge in [0.25, 0.3) is 0 Å². The van der Waals surface area contributed by atoms with Crippen molar-refractivity contribution in [3.05, 3.63) is 35.4 Å². The molecule has 3 N–H and O–H groups in total. The van der Waals surface area contributed by atoms with Gasteiger partial charge in [-0.1, -0.05) is 45.0 Å². The van der Waals surface area contributed by atoms with E-state index in [4.69, 9.17) is 15.3 Å². The van der Waals surface area contributed by atoms with Gasteiger partial charge in [-0.05, 0) is 35.8 Å². The fraction of sp³-hybridized carbons (Fsp3) is 0.667. The summed E-state index contributed by atoms with van der Waals surface area (Å²) in [5.74, 6) is 0. The topological polar surface area (TPSA) is 56.5 Å². The first-order valence-corrected chi connectivity index (χ1v) is 8.15. The van der Waals surface area contributed by atoms with Gasteiger partial charge in [-0.25, -0.2) is 0 Å². The Morgan fingerprint density at radius 2 is 1.77 bits per heavy atom. The second kappa shape index (κ2) is 9.95. The molecule has 0 bridgehead atoms. The van der Waals surface area contributed by atoms with Gasteiger partial charge in [-0.15, -0.1) is 0 Å². The van der Waals surface area contributed by atoms with Crippen molar-refractivity contribution in [1.82, 2.24) is 5.48 Å². The Bertz CT molecular complexity index is 399. The lowest BCUT2D eigenvalue weighted by Gasteiger charge is -2.22. The maximum Gasteiger partial charge on any atom is 0.0804 e. The zero-order valence-electron chi connectivity index (χ0n) is 14.5. The Labute approximate surface area is 135 Å². The predicted molar refractivity (Wildman–Crippen MR) is 91.8 cm³/mol. The van der Waals surface area contributed by atoms with Gasteiger partial charge >= 0.3 is 0 Å². The zero-order chi connectivity index (χ0) is 16.4. The van der Waals surface area contributed by atoms with Gasteiger partial charge in [-0.3, -0.25) is 4.84 Å². The number of ether oxygens (including phenoxy) is 1. The molecule has 1 atom stereocenters. The van der Waals surface area contributed by atoms with Crippen molar-refractivity contribution in [2.75, 3.05) is 26.9 Å². The monoisotopic (exact) mass is 308 g/mol. The number of hydrogen-bond donors (Lipinski definition) is 2. The minimum Gasteiger partial charge on any atom is -0.385 e. The van der Waals surface area contributed by atoms with Crippen LogP contribution in [-0.2, 0) is 15.0 Å². The first-order valence-electron chi connectivity index (χ1n) is 8.15. The number of methoxy groups -OCH3 is 1. The second-order valence-electron chi connectivity index (χ2n) is 6.67. The van der Waals surface area contributed by atoms with Crippen LogP contribution in [0.4, 0.5) is 0 Å². The van der Waals surface area contributed by atoms with E-state index < -0.39 is 0 Å². The summed E-state index contributed by atoms with van der Waals surface area (Å²) < 4.78 is 5.11. The molecule has 0 aliphatic rings. The molecule has 0 heterocycles. The third-order valence-electron chi connectivity index (χ3n) is 3.72. The van der Waals surface area contributed by atoms with Crippen LogP contribution >= 0.6 is 0 Å². The first-order chi connectivity index (χ1) is 10.5. The van der Waals surface area contributed by atoms with Gasteiger partial charge in [0.15, 0.2) is 0 Å². The van der Waals surface area contributed by atoms with E-state index in [1.807, 2.05) is 0 Å². The summed E-state index contributed by atoms with van der Waals surface area (Å²) in [6, 6.07) is 9.00. The van der Waals surface area contributed by atoms with Gasteiger partial charge in [0, 0.05) is 20.3 Å². The number of nitrogens with two attached hydrogens (primary N) is 1. The summed E-state index contributed by atoms with van der Waals surface area (Å²) in [4.78, 5) is 5.45. The fourth-order valence-corrected chi connectivity index (χ4v) is 2.32. The van der Waals surface area contributed by atoms with Crippen molar-refractivity contribution in [3.8, 4) is 0 Å². The standard InChI is InChI=1S/C18H32N2O2/c1-18(2,3)16-10-8-15(9-11-16)17(20-22-14-12-19)7-5-6-13-21-4/h8-11,17,20H,5-7,12-14,19H2,1-4H3. The van der Waals surface area contributed by atoms with Crippen LogP contribution in [0.15, 0.2) is 24.3 Å². The molecule has 22 heavy (non-hydrogen) atoms. The molecule has 126 valence electrons. The summed E-state index contributed by atoms with van der Waals surface area (Å²) in [6.45, 7) is 8.53. The van der Waals surface area contributed by atoms with Gasteiger partial charge in [0.1, 0.15) is 0 Å². The van der Waals surface area contributed by atoms with Crippen molar-refractivity contribution in [3.63, 3.8) is 0 Å². The van der Waals surface area contributed by atoms with Crippen LogP contribution in [0.25, 0.3) is 0 Å². The maximum atomic E-state index is 5.48. The van der Waals surface area contributed by atoms with Crippen molar-refractivity contribution in [2.45, 2.75) is 51.5 Å². The van der Waals surface area contributed by atoms with Crippen LogP contribution < -0.4 is 11.2 Å². The molecule has 1 unspecified atom stereocenters. The summed E-state index contributed by atoms with van der Waals surface area (Å²) in [5, 5.41) is 0. The van der Waals surface area contributed by atoms with Crippen LogP contribution in [0, 0.1) is 0 Å². The SMILES string of the molecule is COCCCCC(NOCCN)c1ccc(C(C)(C)C)cc1. The lowest BCUT2D eigenvalue weighted by Crippen LogP contribution is -2.25. The molecular formula is C18H32N2O2. The van der Waals surface area contributed by atoms with Crippen LogP contribution in [0.2, 0.25) is 0 Å². The van der Waals surface area contributed by atoms with E-state index in [-0.39, 0.29) is 11.5 Å². The zero-order valence-corrected chi connectivity index (χ0v) is 14.5. The average molecular weight is 308 g/mol. The molecule has 0 fully saturated rings. The van der Waals surface area contributed by atoms with Crippen LogP contribution in [0.5, 0.6) is 0 Å². The molecule has 0 radical (unpaired) electrons. The smallest absolute Gasteiger partial charge is 0.0804 e. The van der Waals surface area contributed by atoms with E-state index in [9.17, 15) is 0 Å². The minimum atomic E-state index is 0.177. The molecule has 0 spiro atoms. The lowest BCUT2D eigenvalue weighted by atomic mass is 9.86. The molecule has 0 saturated carbocycles. The van der Waals surface area contributed by atoms with Gasteiger partial charge in [-0.2, -0.15) is 5.48 Å². The lowest BCUT2D eigenvalue weighted by molar-refractivity contribution is 0.0173. The summed E-state index contributed by atoms with van der Waals surface area (Å²) in [7, 11) is 1.74. The second-order valence-corrected chi connectivity index (χ2v) is 6.67. The van der Waals surface area contributed by atoms with E-state index in [0.29, 0.717) is 13.2 Å². The summed E-state index contributed by atoms with van der Waals surface area (Å²) >= 11 is 0. The molecule has 1 aromatic rings. The van der Waals surface area contributed by atoms with E-state index in [1.165, 1.54) is 11.1 Å². The Kier molecular flexibility index (Phi) is 8.64. The van der Waals surface area contributed by atoms with Crippen LogP contribution in [-0.4, -0.2) is 26.9 Å². The number of benzene rings is 1. The van der Waals surface area contributed by atoms with Crippen LogP contribution in [0.1, 0.15) is 57.2 Å². The molecule has 0 saturated heterocycles. The molecular weight excluding hydrogens is 276 g/mol. The molecule has 1 aromatic carbocycles. The molecule has 0 aliphatic heterocycles. The molecule has 4 nitrogen and oxygen atoms in total. The summed E-state index contributed by atoms with van der Waals surface area (Å²) in [5.41, 5.74) is 11.4. The van der Waals surface area contributed by atoms with E-state index in [0.717, 1.165) is 25.9 Å². The Morgan fingerprint density at radius 1 is 1.09 bits per heavy atom. The number of hydrogen-bond acceptors (Lipinski definition) is 4. The van der Waals surface area contributed by atoms with Gasteiger partial charge in [0.2, 0.25) is 0 Å². The number of hydroxylamine groups is 1. The van der Waals surface area contributed by atoms with Crippen molar-refractivity contribution in [2.24, 2.45) is 5.73 Å². The molecule has 4 heteroatoms. The van der Waals surface area contributed by atoms with Crippen molar-refractivity contribution >= 4 is 0 Å². The quantitative estimate of drug-likeness (QED) is 0.514. The van der Waals surface area contributed by atoms with Crippen LogP contribution in [0.3, 0.4) is 0 Å². The van der Waals surface area contributed by atoms with Gasteiger partial charge in [0.05, 0.1) is 12.6 Å². The largest absolute Gasteiger partial charge is 0.385 e. The highest BCUT2D eigenvalue weighted by Gasteiger charge is 2.15. The van der Waals surface area contributed by atoms with Crippen molar-refractivity contribution < 1.29 is 9.57 Å². The number of nitrogens with one attached hydrogen (secondary N) is 1. The van der Waals surface area contributed by atoms with E-state index >= 15 is 0 Å². The highest BCUT2D eigenvalue weighted by atomic mass is 16.6. The third-order valence-corrected chi connectivity index (χ3v) is 3.72. The van der Waals surface area contributed by atoms with Gasteiger partial charge < -0.3 is 10.5 Å². The third kappa shape index (κ3) is 6.88. The van der Waals surface area contributed by atoms with Crippen molar-refractivity contribution in [1.29, 1.82) is 0 Å². The predicted octanol–water partition coefficient (Wildman–Crippen LogP) is 3.32. The molecule has 1 rings (SSSR count). The van der Waals surface area contributed by atoms with E-state index in [2.05, 4.69) is 50.5 Å². The summed E-state index contributed by atoms with van der Waals surface area (Å²) in [6.07, 6.45) is 3.17. The molecule has 0 aliphatic carbocycles. The Hall–Kier alpha value is -0.940. The average Bonchev–Trinajstić information content (AvgIpc) is 2.49. The normalized spacial score (nSPS) is 13.3. The van der Waals surface area contributed by atoms with E-state index in [1.54, 1.807) is 7.11 Å². The fourth-order valence-electron chi connectivity index (χ4n) is 2.32. The highest BCUT2D eigenvalue weighted by Crippen LogP contribution is 2.25. The Balaban J connectivity index is 2.67. The molecule has 0 aromatic heterocycles. The Morgan fingerprint density at radius 3 is 2.32 bits per heavy atom.